The lowest BCUT2D eigenvalue weighted by molar-refractivity contribution is -0.0585. The molecule has 106 valence electrons. The second-order valence-corrected chi connectivity index (χ2v) is 6.01. The summed E-state index contributed by atoms with van der Waals surface area (Å²) >= 11 is 9.27. The van der Waals surface area contributed by atoms with Crippen molar-refractivity contribution < 1.29 is 13.5 Å². The van der Waals surface area contributed by atoms with Gasteiger partial charge in [0, 0.05) is 28.8 Å². The Morgan fingerprint density at radius 1 is 1.42 bits per heavy atom. The smallest absolute Gasteiger partial charge is 0.248 e. The molecule has 0 saturated heterocycles. The molecule has 0 spiro atoms. The third kappa shape index (κ3) is 4.32. The van der Waals surface area contributed by atoms with Gasteiger partial charge in [-0.25, -0.2) is 8.78 Å². The van der Waals surface area contributed by atoms with Crippen molar-refractivity contribution in [2.45, 2.75) is 36.9 Å². The molecule has 0 heterocycles. The molecule has 1 saturated carbocycles. The first-order valence-corrected chi connectivity index (χ1v) is 7.85. The standard InChI is InChI=1S/C14H16BrClF2O/c15-8-11-6-12(16)3-4-13(11)19-9-10-2-1-5-14(17,18)7-10/h3-4,6,10H,1-2,5,7-9H2. The topological polar surface area (TPSA) is 9.23 Å². The average molecular weight is 354 g/mol. The van der Waals surface area contributed by atoms with Crippen LogP contribution in [0.5, 0.6) is 5.75 Å². The molecule has 1 aliphatic carbocycles. The van der Waals surface area contributed by atoms with E-state index < -0.39 is 5.92 Å². The van der Waals surface area contributed by atoms with Crippen LogP contribution in [0.2, 0.25) is 5.02 Å². The van der Waals surface area contributed by atoms with Crippen molar-refractivity contribution in [3.05, 3.63) is 28.8 Å². The Morgan fingerprint density at radius 2 is 2.21 bits per heavy atom. The number of alkyl halides is 3. The molecule has 0 radical (unpaired) electrons. The van der Waals surface area contributed by atoms with E-state index in [4.69, 9.17) is 16.3 Å². The van der Waals surface area contributed by atoms with Gasteiger partial charge in [-0.15, -0.1) is 0 Å². The van der Waals surface area contributed by atoms with E-state index in [2.05, 4.69) is 15.9 Å². The average Bonchev–Trinajstić information content (AvgIpc) is 2.36. The summed E-state index contributed by atoms with van der Waals surface area (Å²) in [6, 6.07) is 5.36. The maximum absolute atomic E-state index is 13.3. The van der Waals surface area contributed by atoms with Gasteiger partial charge < -0.3 is 4.74 Å². The predicted molar refractivity (Wildman–Crippen MR) is 76.5 cm³/mol. The van der Waals surface area contributed by atoms with E-state index in [9.17, 15) is 8.78 Å². The largest absolute Gasteiger partial charge is 0.493 e. The van der Waals surface area contributed by atoms with Crippen LogP contribution in [0.4, 0.5) is 8.78 Å². The van der Waals surface area contributed by atoms with Crippen molar-refractivity contribution in [1.82, 2.24) is 0 Å². The first kappa shape index (κ1) is 15.0. The van der Waals surface area contributed by atoms with Crippen molar-refractivity contribution in [2.24, 2.45) is 5.92 Å². The third-order valence-corrected chi connectivity index (χ3v) is 4.22. The highest BCUT2D eigenvalue weighted by atomic mass is 79.9. The second-order valence-electron chi connectivity index (χ2n) is 5.02. The fourth-order valence-electron chi connectivity index (χ4n) is 2.42. The van der Waals surface area contributed by atoms with Gasteiger partial charge in [0.15, 0.2) is 0 Å². The van der Waals surface area contributed by atoms with Gasteiger partial charge >= 0.3 is 0 Å². The summed E-state index contributed by atoms with van der Waals surface area (Å²) < 4.78 is 32.3. The maximum atomic E-state index is 13.3. The van der Waals surface area contributed by atoms with Crippen LogP contribution in [-0.2, 0) is 5.33 Å². The van der Waals surface area contributed by atoms with Crippen LogP contribution in [0.15, 0.2) is 18.2 Å². The summed E-state index contributed by atoms with van der Waals surface area (Å²) in [4.78, 5) is 0. The van der Waals surface area contributed by atoms with Gasteiger partial charge in [-0.3, -0.25) is 0 Å². The van der Waals surface area contributed by atoms with Gasteiger partial charge in [0.25, 0.3) is 0 Å². The molecule has 1 fully saturated rings. The third-order valence-electron chi connectivity index (χ3n) is 3.38. The van der Waals surface area contributed by atoms with Crippen LogP contribution in [0.3, 0.4) is 0 Å². The molecule has 1 unspecified atom stereocenters. The van der Waals surface area contributed by atoms with Crippen LogP contribution < -0.4 is 4.74 Å². The van der Waals surface area contributed by atoms with E-state index >= 15 is 0 Å². The zero-order valence-electron chi connectivity index (χ0n) is 10.5. The zero-order chi connectivity index (χ0) is 13.9. The molecular weight excluding hydrogens is 338 g/mol. The number of ether oxygens (including phenoxy) is 1. The number of hydrogen-bond donors (Lipinski definition) is 0. The Bertz CT molecular complexity index is 439. The quantitative estimate of drug-likeness (QED) is 0.655. The van der Waals surface area contributed by atoms with Crippen LogP contribution in [-0.4, -0.2) is 12.5 Å². The molecule has 0 aliphatic heterocycles. The summed E-state index contributed by atoms with van der Waals surface area (Å²) in [5, 5.41) is 1.27. The summed E-state index contributed by atoms with van der Waals surface area (Å²) in [7, 11) is 0. The summed E-state index contributed by atoms with van der Waals surface area (Å²) in [5.41, 5.74) is 0.940. The molecule has 0 aromatic heterocycles. The Morgan fingerprint density at radius 3 is 2.89 bits per heavy atom. The molecule has 0 N–H and O–H groups in total. The lowest BCUT2D eigenvalue weighted by Crippen LogP contribution is -2.29. The minimum Gasteiger partial charge on any atom is -0.493 e. The molecule has 0 amide bonds. The molecule has 5 heteroatoms. The van der Waals surface area contributed by atoms with Gasteiger partial charge in [0.2, 0.25) is 5.92 Å². The highest BCUT2D eigenvalue weighted by molar-refractivity contribution is 9.08. The van der Waals surface area contributed by atoms with Crippen LogP contribution in [0.25, 0.3) is 0 Å². The molecular formula is C14H16BrClF2O. The molecule has 1 aliphatic rings. The van der Waals surface area contributed by atoms with E-state index in [0.717, 1.165) is 17.7 Å². The van der Waals surface area contributed by atoms with Crippen molar-refractivity contribution in [3.8, 4) is 5.75 Å². The fraction of sp³-hybridized carbons (Fsp3) is 0.571. The van der Waals surface area contributed by atoms with Crippen LogP contribution in [0.1, 0.15) is 31.2 Å². The lowest BCUT2D eigenvalue weighted by Gasteiger charge is -2.28. The minimum atomic E-state index is -2.52. The highest BCUT2D eigenvalue weighted by Gasteiger charge is 2.36. The number of hydrogen-bond acceptors (Lipinski definition) is 1. The highest BCUT2D eigenvalue weighted by Crippen LogP contribution is 2.37. The normalized spacial score (nSPS) is 22.2. The van der Waals surface area contributed by atoms with Gasteiger partial charge in [-0.2, -0.15) is 0 Å². The van der Waals surface area contributed by atoms with Crippen molar-refractivity contribution in [2.75, 3.05) is 6.61 Å². The van der Waals surface area contributed by atoms with Crippen molar-refractivity contribution >= 4 is 27.5 Å². The molecule has 2 rings (SSSR count). The van der Waals surface area contributed by atoms with Gasteiger partial charge in [-0.1, -0.05) is 27.5 Å². The van der Waals surface area contributed by atoms with E-state index in [1.165, 1.54) is 0 Å². The number of halogens is 4. The number of benzene rings is 1. The Hall–Kier alpha value is -0.350. The van der Waals surface area contributed by atoms with E-state index in [1.54, 1.807) is 12.1 Å². The first-order chi connectivity index (χ1) is 9.00. The molecule has 1 aromatic carbocycles. The van der Waals surface area contributed by atoms with Gasteiger partial charge in [0.1, 0.15) is 5.75 Å². The van der Waals surface area contributed by atoms with Crippen molar-refractivity contribution in [3.63, 3.8) is 0 Å². The Balaban J connectivity index is 1.95. The minimum absolute atomic E-state index is 0.0110. The fourth-order valence-corrected chi connectivity index (χ4v) is 3.05. The predicted octanol–water partition coefficient (Wildman–Crippen LogP) is 5.44. The SMILES string of the molecule is FC1(F)CCCC(COc2ccc(Cl)cc2CBr)C1. The summed E-state index contributed by atoms with van der Waals surface area (Å²) in [5.74, 6) is -1.87. The van der Waals surface area contributed by atoms with Crippen LogP contribution >= 0.6 is 27.5 Å². The first-order valence-electron chi connectivity index (χ1n) is 6.35. The molecule has 0 bridgehead atoms. The molecule has 19 heavy (non-hydrogen) atoms. The monoisotopic (exact) mass is 352 g/mol. The molecule has 1 atom stereocenters. The van der Waals surface area contributed by atoms with Crippen molar-refractivity contribution in [1.29, 1.82) is 0 Å². The lowest BCUT2D eigenvalue weighted by atomic mass is 9.87. The summed E-state index contributed by atoms with van der Waals surface area (Å²) in [6.07, 6.45) is 1.33. The van der Waals surface area contributed by atoms with Gasteiger partial charge in [0.05, 0.1) is 6.61 Å². The van der Waals surface area contributed by atoms with E-state index in [-0.39, 0.29) is 18.8 Å². The number of rotatable bonds is 4. The zero-order valence-corrected chi connectivity index (χ0v) is 12.8. The molecule has 1 aromatic rings. The Kier molecular flexibility index (Phi) is 5.07. The van der Waals surface area contributed by atoms with E-state index in [1.807, 2.05) is 6.07 Å². The molecule has 1 nitrogen and oxygen atoms in total. The second kappa shape index (κ2) is 6.40. The van der Waals surface area contributed by atoms with E-state index in [0.29, 0.717) is 23.4 Å². The van der Waals surface area contributed by atoms with Crippen LogP contribution in [0, 0.1) is 5.92 Å². The Labute approximate surface area is 125 Å². The summed E-state index contributed by atoms with van der Waals surface area (Å²) in [6.45, 7) is 0.344. The maximum Gasteiger partial charge on any atom is 0.248 e. The van der Waals surface area contributed by atoms with Gasteiger partial charge in [-0.05, 0) is 37.0 Å².